The smallest absolute Gasteiger partial charge is 0.252 e. The van der Waals surface area contributed by atoms with Crippen molar-refractivity contribution in [2.75, 3.05) is 19.7 Å². The minimum Gasteiger partial charge on any atom is -0.395 e. The molecule has 0 amide bonds. The van der Waals surface area contributed by atoms with Gasteiger partial charge in [0.1, 0.15) is 0 Å². The van der Waals surface area contributed by atoms with Crippen LogP contribution >= 0.6 is 0 Å². The van der Waals surface area contributed by atoms with Gasteiger partial charge >= 0.3 is 0 Å². The molecule has 0 aliphatic carbocycles. The van der Waals surface area contributed by atoms with Crippen LogP contribution in [0.4, 0.5) is 8.78 Å². The van der Waals surface area contributed by atoms with Gasteiger partial charge in [0.25, 0.3) is 6.43 Å². The molecule has 0 saturated carbocycles. The zero-order valence-electron chi connectivity index (χ0n) is 10.8. The third-order valence-corrected chi connectivity index (χ3v) is 4.67. The second-order valence-corrected chi connectivity index (χ2v) is 6.16. The molecule has 7 heteroatoms. The van der Waals surface area contributed by atoms with Crippen LogP contribution in [0.15, 0.2) is 23.1 Å². The fourth-order valence-corrected chi connectivity index (χ4v) is 3.09. The van der Waals surface area contributed by atoms with Crippen LogP contribution in [0.3, 0.4) is 0 Å². The van der Waals surface area contributed by atoms with E-state index < -0.39 is 29.6 Å². The molecule has 0 fully saturated rings. The number of rotatable bonds is 6. The number of hydrogen-bond acceptors (Lipinski definition) is 3. The van der Waals surface area contributed by atoms with Gasteiger partial charge in [0.05, 0.1) is 18.0 Å². The number of benzene rings is 1. The van der Waals surface area contributed by atoms with Gasteiger partial charge in [-0.2, -0.15) is 4.31 Å². The first-order valence-electron chi connectivity index (χ1n) is 5.75. The molecule has 0 atom stereocenters. The molecular formula is C12H17F2NO3S. The van der Waals surface area contributed by atoms with Gasteiger partial charge in [-0.1, -0.05) is 6.07 Å². The predicted molar refractivity (Wildman–Crippen MR) is 67.8 cm³/mol. The minimum absolute atomic E-state index is 0.0373. The SMILES string of the molecule is Cc1ccc(S(=O)(=O)N(CCO)CC(F)F)cc1C. The maximum Gasteiger partial charge on any atom is 0.252 e. The fourth-order valence-electron chi connectivity index (χ4n) is 1.60. The second kappa shape index (κ2) is 6.40. The van der Waals surface area contributed by atoms with Crippen molar-refractivity contribution in [3.05, 3.63) is 29.3 Å². The Morgan fingerprint density at radius 2 is 1.89 bits per heavy atom. The molecule has 0 aliphatic heterocycles. The molecule has 0 unspecified atom stereocenters. The molecule has 0 aliphatic rings. The third kappa shape index (κ3) is 3.95. The van der Waals surface area contributed by atoms with E-state index in [-0.39, 0.29) is 11.4 Å². The van der Waals surface area contributed by atoms with Crippen molar-refractivity contribution in [2.45, 2.75) is 25.2 Å². The zero-order chi connectivity index (χ0) is 14.6. The Balaban J connectivity index is 3.14. The van der Waals surface area contributed by atoms with E-state index in [2.05, 4.69) is 0 Å². The molecule has 1 rings (SSSR count). The van der Waals surface area contributed by atoms with Gasteiger partial charge in [-0.25, -0.2) is 17.2 Å². The Bertz CT molecular complexity index is 532. The first kappa shape index (κ1) is 16.0. The second-order valence-electron chi connectivity index (χ2n) is 4.22. The van der Waals surface area contributed by atoms with Crippen molar-refractivity contribution in [3.8, 4) is 0 Å². The van der Waals surface area contributed by atoms with Crippen LogP contribution in [-0.2, 0) is 10.0 Å². The summed E-state index contributed by atoms with van der Waals surface area (Å²) in [4.78, 5) is -0.0373. The van der Waals surface area contributed by atoms with Gasteiger partial charge < -0.3 is 5.11 Å². The first-order chi connectivity index (χ1) is 8.78. The highest BCUT2D eigenvalue weighted by molar-refractivity contribution is 7.89. The summed E-state index contributed by atoms with van der Waals surface area (Å²) >= 11 is 0. The molecule has 108 valence electrons. The predicted octanol–water partition coefficient (Wildman–Crippen LogP) is 1.55. The number of halogens is 2. The number of hydrogen-bond donors (Lipinski definition) is 1. The van der Waals surface area contributed by atoms with Gasteiger partial charge in [0.15, 0.2) is 0 Å². The van der Waals surface area contributed by atoms with Crippen molar-refractivity contribution >= 4 is 10.0 Å². The molecule has 1 N–H and O–H groups in total. The van der Waals surface area contributed by atoms with E-state index in [0.29, 0.717) is 4.31 Å². The number of aliphatic hydroxyl groups is 1. The van der Waals surface area contributed by atoms with Crippen LogP contribution in [0.2, 0.25) is 0 Å². The molecule has 19 heavy (non-hydrogen) atoms. The van der Waals surface area contributed by atoms with E-state index in [0.717, 1.165) is 11.1 Å². The van der Waals surface area contributed by atoms with Gasteiger partial charge in [-0.15, -0.1) is 0 Å². The lowest BCUT2D eigenvalue weighted by atomic mass is 10.1. The molecule has 0 saturated heterocycles. The maximum atomic E-state index is 12.4. The standard InChI is InChI=1S/C12H17F2NO3S/c1-9-3-4-11(7-10(9)2)19(17,18)15(5-6-16)8-12(13)14/h3-4,7,12,16H,5-6,8H2,1-2H3. The summed E-state index contributed by atoms with van der Waals surface area (Å²) in [7, 11) is -4.00. The van der Waals surface area contributed by atoms with Crippen LogP contribution in [-0.4, -0.2) is 44.0 Å². The highest BCUT2D eigenvalue weighted by atomic mass is 32.2. The average molecular weight is 293 g/mol. The number of alkyl halides is 2. The number of aryl methyl sites for hydroxylation is 2. The van der Waals surface area contributed by atoms with Crippen LogP contribution in [0.1, 0.15) is 11.1 Å². The monoisotopic (exact) mass is 293 g/mol. The van der Waals surface area contributed by atoms with Crippen molar-refractivity contribution in [1.29, 1.82) is 0 Å². The summed E-state index contributed by atoms with van der Waals surface area (Å²) in [6, 6.07) is 4.45. The highest BCUT2D eigenvalue weighted by Gasteiger charge is 2.26. The number of nitrogens with zero attached hydrogens (tertiary/aromatic N) is 1. The lowest BCUT2D eigenvalue weighted by Gasteiger charge is -2.21. The highest BCUT2D eigenvalue weighted by Crippen LogP contribution is 2.19. The summed E-state index contributed by atoms with van der Waals surface area (Å²) < 4.78 is 49.8. The van der Waals surface area contributed by atoms with Crippen LogP contribution in [0.25, 0.3) is 0 Å². The van der Waals surface area contributed by atoms with Crippen LogP contribution in [0, 0.1) is 13.8 Å². The zero-order valence-corrected chi connectivity index (χ0v) is 11.6. The summed E-state index contributed by atoms with van der Waals surface area (Å²) in [5.41, 5.74) is 1.68. The molecule has 1 aromatic carbocycles. The topological polar surface area (TPSA) is 57.6 Å². The largest absolute Gasteiger partial charge is 0.395 e. The summed E-state index contributed by atoms with van der Waals surface area (Å²) in [5, 5.41) is 8.81. The molecule has 0 heterocycles. The van der Waals surface area contributed by atoms with E-state index in [9.17, 15) is 17.2 Å². The van der Waals surface area contributed by atoms with Crippen molar-refractivity contribution in [1.82, 2.24) is 4.31 Å². The molecule has 0 radical (unpaired) electrons. The Hall–Kier alpha value is -1.05. The van der Waals surface area contributed by atoms with Gasteiger partial charge in [0, 0.05) is 6.54 Å². The van der Waals surface area contributed by atoms with E-state index in [4.69, 9.17) is 5.11 Å². The molecule has 4 nitrogen and oxygen atoms in total. The summed E-state index contributed by atoms with van der Waals surface area (Å²) in [6.45, 7) is 1.81. The Morgan fingerprint density at radius 3 is 2.37 bits per heavy atom. The van der Waals surface area contributed by atoms with Crippen molar-refractivity contribution < 1.29 is 22.3 Å². The number of sulfonamides is 1. The van der Waals surface area contributed by atoms with Gasteiger partial charge in [0.2, 0.25) is 10.0 Å². The maximum absolute atomic E-state index is 12.4. The third-order valence-electron chi connectivity index (χ3n) is 2.81. The number of aliphatic hydroxyl groups excluding tert-OH is 1. The van der Waals surface area contributed by atoms with Gasteiger partial charge in [-0.05, 0) is 37.1 Å². The normalized spacial score (nSPS) is 12.4. The molecular weight excluding hydrogens is 276 g/mol. The summed E-state index contributed by atoms with van der Waals surface area (Å²) in [5.74, 6) is 0. The van der Waals surface area contributed by atoms with E-state index >= 15 is 0 Å². The van der Waals surface area contributed by atoms with Crippen LogP contribution < -0.4 is 0 Å². The molecule has 0 aromatic heterocycles. The fraction of sp³-hybridized carbons (Fsp3) is 0.500. The average Bonchev–Trinajstić information content (AvgIpc) is 2.31. The van der Waals surface area contributed by atoms with Crippen molar-refractivity contribution in [2.24, 2.45) is 0 Å². The van der Waals surface area contributed by atoms with Crippen LogP contribution in [0.5, 0.6) is 0 Å². The molecule has 0 spiro atoms. The Kier molecular flexibility index (Phi) is 5.39. The Labute approximate surface area is 111 Å². The molecule has 0 bridgehead atoms. The van der Waals surface area contributed by atoms with E-state index in [1.807, 2.05) is 6.92 Å². The van der Waals surface area contributed by atoms with Gasteiger partial charge in [-0.3, -0.25) is 0 Å². The minimum atomic E-state index is -4.00. The van der Waals surface area contributed by atoms with E-state index in [1.54, 1.807) is 13.0 Å². The van der Waals surface area contributed by atoms with Crippen molar-refractivity contribution in [3.63, 3.8) is 0 Å². The molecule has 1 aromatic rings. The quantitative estimate of drug-likeness (QED) is 0.866. The summed E-state index contributed by atoms with van der Waals surface area (Å²) in [6.07, 6.45) is -2.78. The van der Waals surface area contributed by atoms with E-state index in [1.165, 1.54) is 12.1 Å². The first-order valence-corrected chi connectivity index (χ1v) is 7.19. The lowest BCUT2D eigenvalue weighted by molar-refractivity contribution is 0.113. The Morgan fingerprint density at radius 1 is 1.26 bits per heavy atom. The lowest BCUT2D eigenvalue weighted by Crippen LogP contribution is -2.37.